The zero-order valence-corrected chi connectivity index (χ0v) is 10.8. The van der Waals surface area contributed by atoms with Crippen LogP contribution in [0.5, 0.6) is 0 Å². The van der Waals surface area contributed by atoms with Gasteiger partial charge >= 0.3 is 0 Å². The fourth-order valence-electron chi connectivity index (χ4n) is 1.60. The van der Waals surface area contributed by atoms with E-state index in [2.05, 4.69) is 13.0 Å². The number of benzene rings is 1. The van der Waals surface area contributed by atoms with Gasteiger partial charge in [0.15, 0.2) is 5.78 Å². The van der Waals surface area contributed by atoms with Crippen LogP contribution in [0.15, 0.2) is 42.5 Å². The lowest BCUT2D eigenvalue weighted by molar-refractivity contribution is 0.104. The van der Waals surface area contributed by atoms with Gasteiger partial charge in [0.25, 0.3) is 0 Å². The molecular formula is C15H14OS. The lowest BCUT2D eigenvalue weighted by atomic mass is 10.1. The maximum absolute atomic E-state index is 11.9. The van der Waals surface area contributed by atoms with Crippen LogP contribution >= 0.6 is 11.3 Å². The highest BCUT2D eigenvalue weighted by Gasteiger charge is 2.01. The van der Waals surface area contributed by atoms with Gasteiger partial charge in [0.1, 0.15) is 0 Å². The van der Waals surface area contributed by atoms with E-state index >= 15 is 0 Å². The number of allylic oxidation sites excluding steroid dienone is 1. The summed E-state index contributed by atoms with van der Waals surface area (Å²) in [6.07, 6.45) is 3.52. The van der Waals surface area contributed by atoms with Crippen LogP contribution in [-0.2, 0) is 0 Å². The minimum atomic E-state index is 0.0553. The Hall–Kier alpha value is -1.67. The third-order valence-corrected chi connectivity index (χ3v) is 3.43. The van der Waals surface area contributed by atoms with Crippen LogP contribution in [0.25, 0.3) is 6.08 Å². The largest absolute Gasteiger partial charge is 0.289 e. The van der Waals surface area contributed by atoms with E-state index in [1.807, 2.05) is 43.3 Å². The van der Waals surface area contributed by atoms with Crippen LogP contribution < -0.4 is 0 Å². The number of aryl methyl sites for hydroxylation is 2. The monoisotopic (exact) mass is 242 g/mol. The molecule has 0 aliphatic rings. The molecule has 0 atom stereocenters. The molecule has 2 heteroatoms. The van der Waals surface area contributed by atoms with Gasteiger partial charge in [-0.2, -0.15) is 0 Å². The molecule has 1 aromatic heterocycles. The maximum atomic E-state index is 11.9. The fraction of sp³-hybridized carbons (Fsp3) is 0.133. The lowest BCUT2D eigenvalue weighted by Gasteiger charge is -1.96. The Morgan fingerprint density at radius 2 is 2.00 bits per heavy atom. The summed E-state index contributed by atoms with van der Waals surface area (Å²) in [6.45, 7) is 4.05. The second-order valence-corrected chi connectivity index (χ2v) is 5.33. The van der Waals surface area contributed by atoms with Crippen molar-refractivity contribution in [3.8, 4) is 0 Å². The molecule has 0 spiro atoms. The van der Waals surface area contributed by atoms with E-state index in [0.717, 1.165) is 16.0 Å². The molecule has 0 saturated carbocycles. The van der Waals surface area contributed by atoms with Crippen molar-refractivity contribution >= 4 is 23.2 Å². The summed E-state index contributed by atoms with van der Waals surface area (Å²) in [5, 5.41) is 0. The van der Waals surface area contributed by atoms with Gasteiger partial charge in [-0.25, -0.2) is 0 Å². The highest BCUT2D eigenvalue weighted by atomic mass is 32.1. The normalized spacial score (nSPS) is 10.9. The zero-order valence-electron chi connectivity index (χ0n) is 9.94. The van der Waals surface area contributed by atoms with E-state index in [0.29, 0.717) is 0 Å². The molecule has 0 aliphatic carbocycles. The minimum absolute atomic E-state index is 0.0553. The Kier molecular flexibility index (Phi) is 3.55. The topological polar surface area (TPSA) is 17.1 Å². The third-order valence-electron chi connectivity index (χ3n) is 2.46. The first-order chi connectivity index (χ1) is 8.15. The molecule has 1 aromatic carbocycles. The van der Waals surface area contributed by atoms with Crippen LogP contribution in [0, 0.1) is 13.8 Å². The predicted molar refractivity (Wildman–Crippen MR) is 73.6 cm³/mol. The zero-order chi connectivity index (χ0) is 12.3. The number of hydrogen-bond acceptors (Lipinski definition) is 2. The molecule has 0 bridgehead atoms. The summed E-state index contributed by atoms with van der Waals surface area (Å²) in [6, 6.07) is 11.7. The van der Waals surface area contributed by atoms with E-state index in [1.165, 1.54) is 4.88 Å². The number of rotatable bonds is 3. The predicted octanol–water partition coefficient (Wildman–Crippen LogP) is 4.26. The summed E-state index contributed by atoms with van der Waals surface area (Å²) in [7, 11) is 0. The van der Waals surface area contributed by atoms with Gasteiger partial charge in [-0.1, -0.05) is 23.8 Å². The molecule has 0 amide bonds. The number of hydrogen-bond donors (Lipinski definition) is 0. The smallest absolute Gasteiger partial charge is 0.185 e. The van der Waals surface area contributed by atoms with E-state index in [1.54, 1.807) is 17.4 Å². The molecule has 0 N–H and O–H groups in total. The van der Waals surface area contributed by atoms with Gasteiger partial charge in [0.2, 0.25) is 0 Å². The van der Waals surface area contributed by atoms with Gasteiger partial charge < -0.3 is 0 Å². The highest BCUT2D eigenvalue weighted by Crippen LogP contribution is 2.17. The summed E-state index contributed by atoms with van der Waals surface area (Å²) in [5.41, 5.74) is 1.85. The van der Waals surface area contributed by atoms with Gasteiger partial charge in [-0.15, -0.1) is 11.3 Å². The fourth-order valence-corrected chi connectivity index (χ4v) is 2.38. The van der Waals surface area contributed by atoms with E-state index in [9.17, 15) is 4.79 Å². The van der Waals surface area contributed by atoms with E-state index < -0.39 is 0 Å². The maximum Gasteiger partial charge on any atom is 0.185 e. The molecule has 2 rings (SSSR count). The average molecular weight is 242 g/mol. The van der Waals surface area contributed by atoms with Crippen LogP contribution in [0.4, 0.5) is 0 Å². The number of carbonyl (C=O) groups excluding carboxylic acids is 1. The van der Waals surface area contributed by atoms with Crippen molar-refractivity contribution in [2.75, 3.05) is 0 Å². The standard InChI is InChI=1S/C15H14OS/c1-11-4-3-5-13(10-11)15(16)9-8-14-7-6-12(2)17-14/h3-10H,1-2H3/b9-8+. The average Bonchev–Trinajstić information content (AvgIpc) is 2.72. The summed E-state index contributed by atoms with van der Waals surface area (Å²) >= 11 is 1.69. The molecule has 0 saturated heterocycles. The first-order valence-electron chi connectivity index (χ1n) is 5.51. The lowest BCUT2D eigenvalue weighted by Crippen LogP contribution is -1.93. The van der Waals surface area contributed by atoms with Crippen molar-refractivity contribution in [3.05, 3.63) is 63.4 Å². The van der Waals surface area contributed by atoms with Gasteiger partial charge in [0.05, 0.1) is 0 Å². The summed E-state index contributed by atoms with van der Waals surface area (Å²) < 4.78 is 0. The molecule has 1 nitrogen and oxygen atoms in total. The third kappa shape index (κ3) is 3.14. The Bertz CT molecular complexity index is 564. The van der Waals surface area contributed by atoms with Crippen LogP contribution in [0.2, 0.25) is 0 Å². The van der Waals surface area contributed by atoms with Crippen molar-refractivity contribution in [1.29, 1.82) is 0 Å². The van der Waals surface area contributed by atoms with Gasteiger partial charge in [-0.3, -0.25) is 4.79 Å². The molecule has 17 heavy (non-hydrogen) atoms. The summed E-state index contributed by atoms with van der Waals surface area (Å²) in [4.78, 5) is 14.3. The van der Waals surface area contributed by atoms with Gasteiger partial charge in [-0.05, 0) is 44.2 Å². The number of ketones is 1. The van der Waals surface area contributed by atoms with Crippen molar-refractivity contribution in [3.63, 3.8) is 0 Å². The Labute approximate surface area is 105 Å². The SMILES string of the molecule is Cc1cccc(C(=O)/C=C/c2ccc(C)s2)c1. The molecule has 2 aromatic rings. The number of carbonyl (C=O) groups is 1. The Morgan fingerprint density at radius 1 is 1.18 bits per heavy atom. The second-order valence-electron chi connectivity index (χ2n) is 4.02. The second kappa shape index (κ2) is 5.11. The molecule has 0 aliphatic heterocycles. The van der Waals surface area contributed by atoms with Crippen molar-refractivity contribution < 1.29 is 4.79 Å². The van der Waals surface area contributed by atoms with Crippen molar-refractivity contribution in [2.45, 2.75) is 13.8 Å². The van der Waals surface area contributed by atoms with E-state index in [4.69, 9.17) is 0 Å². The first-order valence-corrected chi connectivity index (χ1v) is 6.32. The first kappa shape index (κ1) is 11.8. The summed E-state index contributed by atoms with van der Waals surface area (Å²) in [5.74, 6) is 0.0553. The molecule has 0 radical (unpaired) electrons. The van der Waals surface area contributed by atoms with Crippen molar-refractivity contribution in [2.24, 2.45) is 0 Å². The Morgan fingerprint density at radius 3 is 2.65 bits per heavy atom. The molecule has 0 unspecified atom stereocenters. The highest BCUT2D eigenvalue weighted by molar-refractivity contribution is 7.12. The minimum Gasteiger partial charge on any atom is -0.289 e. The van der Waals surface area contributed by atoms with E-state index in [-0.39, 0.29) is 5.78 Å². The molecular weight excluding hydrogens is 228 g/mol. The van der Waals surface area contributed by atoms with Crippen LogP contribution in [0.3, 0.4) is 0 Å². The number of thiophene rings is 1. The van der Waals surface area contributed by atoms with Crippen LogP contribution in [0.1, 0.15) is 25.7 Å². The molecule has 0 fully saturated rings. The quantitative estimate of drug-likeness (QED) is 0.580. The molecule has 86 valence electrons. The Balaban J connectivity index is 2.14. The molecule has 1 heterocycles. The van der Waals surface area contributed by atoms with Crippen molar-refractivity contribution in [1.82, 2.24) is 0 Å². The van der Waals surface area contributed by atoms with Gasteiger partial charge in [0, 0.05) is 15.3 Å². The van der Waals surface area contributed by atoms with Crippen LogP contribution in [-0.4, -0.2) is 5.78 Å².